The van der Waals surface area contributed by atoms with Crippen LogP contribution in [0.15, 0.2) is 30.3 Å². The number of nitrogens with one attached hydrogen (secondary N) is 1. The Bertz CT molecular complexity index is 633. The molecule has 0 aliphatic heterocycles. The van der Waals surface area contributed by atoms with Crippen LogP contribution in [0.1, 0.15) is 18.4 Å². The molecule has 0 radical (unpaired) electrons. The van der Waals surface area contributed by atoms with Crippen LogP contribution in [0.25, 0.3) is 0 Å². The minimum absolute atomic E-state index is 0.201. The van der Waals surface area contributed by atoms with Gasteiger partial charge in [0.2, 0.25) is 0 Å². The second kappa shape index (κ2) is 8.48. The lowest BCUT2D eigenvalue weighted by Crippen LogP contribution is -2.33. The SMILES string of the molecule is N=S(=O)(CCC(Cc1ccccc1)C(F)(F)F)CC[C@H](N)C(=O)O. The average Bonchev–Trinajstić information content (AvgIpc) is 2.49. The molecule has 0 spiro atoms. The summed E-state index contributed by atoms with van der Waals surface area (Å²) in [5.74, 6) is -3.74. The van der Waals surface area contributed by atoms with Crippen molar-refractivity contribution >= 4 is 15.7 Å². The third-order valence-electron chi connectivity index (χ3n) is 3.66. The number of hydrogen-bond donors (Lipinski definition) is 3. The molecule has 2 unspecified atom stereocenters. The Balaban J connectivity index is 2.66. The van der Waals surface area contributed by atoms with E-state index in [1.54, 1.807) is 30.3 Å². The number of alkyl halides is 3. The molecule has 0 aliphatic rings. The number of carboxylic acids is 1. The first-order valence-electron chi connectivity index (χ1n) is 7.34. The van der Waals surface area contributed by atoms with Crippen molar-refractivity contribution in [3.63, 3.8) is 0 Å². The van der Waals surface area contributed by atoms with Crippen molar-refractivity contribution < 1.29 is 27.3 Å². The van der Waals surface area contributed by atoms with Crippen LogP contribution in [0.5, 0.6) is 0 Å². The summed E-state index contributed by atoms with van der Waals surface area (Å²) in [6, 6.07) is 6.89. The molecule has 0 heterocycles. The summed E-state index contributed by atoms with van der Waals surface area (Å²) < 4.78 is 59.1. The van der Waals surface area contributed by atoms with Crippen LogP contribution in [-0.2, 0) is 20.9 Å². The van der Waals surface area contributed by atoms with E-state index in [4.69, 9.17) is 15.6 Å². The Morgan fingerprint density at radius 3 is 2.25 bits per heavy atom. The van der Waals surface area contributed by atoms with Gasteiger partial charge in [0.25, 0.3) is 0 Å². The van der Waals surface area contributed by atoms with Crippen LogP contribution >= 0.6 is 0 Å². The first kappa shape index (κ1) is 20.4. The third kappa shape index (κ3) is 7.31. The highest BCUT2D eigenvalue weighted by molar-refractivity contribution is 7.92. The monoisotopic (exact) mass is 366 g/mol. The summed E-state index contributed by atoms with van der Waals surface area (Å²) in [6.07, 6.45) is -5.34. The van der Waals surface area contributed by atoms with E-state index in [1.165, 1.54) is 0 Å². The zero-order chi connectivity index (χ0) is 18.4. The van der Waals surface area contributed by atoms with Gasteiger partial charge in [-0.05, 0) is 24.8 Å². The largest absolute Gasteiger partial charge is 0.480 e. The average molecular weight is 366 g/mol. The number of nitrogens with two attached hydrogens (primary N) is 1. The molecule has 1 aromatic carbocycles. The van der Waals surface area contributed by atoms with Crippen LogP contribution in [0.2, 0.25) is 0 Å². The van der Waals surface area contributed by atoms with Gasteiger partial charge in [-0.3, -0.25) is 9.57 Å². The van der Waals surface area contributed by atoms with E-state index < -0.39 is 46.0 Å². The molecule has 24 heavy (non-hydrogen) atoms. The van der Waals surface area contributed by atoms with E-state index in [1.807, 2.05) is 0 Å². The van der Waals surface area contributed by atoms with Crippen LogP contribution < -0.4 is 5.73 Å². The molecule has 5 nitrogen and oxygen atoms in total. The summed E-state index contributed by atoms with van der Waals surface area (Å²) in [7, 11) is -3.30. The lowest BCUT2D eigenvalue weighted by molar-refractivity contribution is -0.174. The maximum atomic E-state index is 13.1. The van der Waals surface area contributed by atoms with E-state index in [9.17, 15) is 22.2 Å². The molecular formula is C15H21F3N2O3S. The van der Waals surface area contributed by atoms with E-state index in [-0.39, 0.29) is 18.6 Å². The minimum Gasteiger partial charge on any atom is -0.480 e. The zero-order valence-electron chi connectivity index (χ0n) is 13.0. The summed E-state index contributed by atoms with van der Waals surface area (Å²) in [6.45, 7) is 0. The second-order valence-electron chi connectivity index (χ2n) is 5.67. The van der Waals surface area contributed by atoms with Gasteiger partial charge in [0, 0.05) is 21.2 Å². The fraction of sp³-hybridized carbons (Fsp3) is 0.533. The van der Waals surface area contributed by atoms with Crippen molar-refractivity contribution in [1.29, 1.82) is 4.78 Å². The molecule has 0 fully saturated rings. The first-order valence-corrected chi connectivity index (χ1v) is 9.24. The fourth-order valence-corrected chi connectivity index (χ4v) is 3.66. The molecule has 3 atom stereocenters. The summed E-state index contributed by atoms with van der Waals surface area (Å²) in [5, 5.41) is 8.64. The molecule has 0 aliphatic carbocycles. The molecule has 1 aromatic rings. The standard InChI is InChI=1S/C15H21F3N2O3S/c16-15(17,18)12(10-11-4-2-1-3-5-11)6-8-24(20,23)9-7-13(19)14(21)22/h1-5,12-13,20H,6-10,19H2,(H,21,22)/t12?,13-,24?/m0/s1. The third-order valence-corrected chi connectivity index (χ3v) is 5.45. The van der Waals surface area contributed by atoms with Gasteiger partial charge in [-0.15, -0.1) is 0 Å². The Kier molecular flexibility index (Phi) is 7.22. The molecule has 0 saturated carbocycles. The van der Waals surface area contributed by atoms with Crippen LogP contribution in [0.4, 0.5) is 13.2 Å². The van der Waals surface area contributed by atoms with Crippen molar-refractivity contribution in [2.24, 2.45) is 11.7 Å². The highest BCUT2D eigenvalue weighted by Gasteiger charge is 2.39. The van der Waals surface area contributed by atoms with Gasteiger partial charge >= 0.3 is 12.1 Å². The second-order valence-corrected chi connectivity index (χ2v) is 8.11. The molecule has 1 rings (SSSR count). The minimum atomic E-state index is -4.46. The normalized spacial score (nSPS) is 17.0. The molecule has 9 heteroatoms. The quantitative estimate of drug-likeness (QED) is 0.625. The predicted molar refractivity (Wildman–Crippen MR) is 85.1 cm³/mol. The number of carbonyl (C=O) groups is 1. The predicted octanol–water partition coefficient (Wildman–Crippen LogP) is 2.65. The number of halogens is 3. The molecular weight excluding hydrogens is 345 g/mol. The van der Waals surface area contributed by atoms with Crippen molar-refractivity contribution in [2.75, 3.05) is 11.5 Å². The summed E-state index contributed by atoms with van der Waals surface area (Å²) in [5.41, 5.74) is 5.78. The summed E-state index contributed by atoms with van der Waals surface area (Å²) in [4.78, 5) is 10.6. The van der Waals surface area contributed by atoms with E-state index in [0.29, 0.717) is 5.56 Å². The maximum absolute atomic E-state index is 13.1. The molecule has 0 saturated heterocycles. The van der Waals surface area contributed by atoms with Gasteiger partial charge in [0.15, 0.2) is 0 Å². The molecule has 4 N–H and O–H groups in total. The smallest absolute Gasteiger partial charge is 0.392 e. The highest BCUT2D eigenvalue weighted by atomic mass is 32.2. The van der Waals surface area contributed by atoms with Crippen LogP contribution in [-0.4, -0.2) is 39.0 Å². The van der Waals surface area contributed by atoms with E-state index >= 15 is 0 Å². The van der Waals surface area contributed by atoms with Gasteiger partial charge in [-0.1, -0.05) is 30.3 Å². The first-order chi connectivity index (χ1) is 11.0. The zero-order valence-corrected chi connectivity index (χ0v) is 13.8. The lowest BCUT2D eigenvalue weighted by atomic mass is 9.96. The number of benzene rings is 1. The topological polar surface area (TPSA) is 104 Å². The van der Waals surface area contributed by atoms with Crippen molar-refractivity contribution in [3.8, 4) is 0 Å². The van der Waals surface area contributed by atoms with Gasteiger partial charge < -0.3 is 10.8 Å². The van der Waals surface area contributed by atoms with E-state index in [2.05, 4.69) is 0 Å². The van der Waals surface area contributed by atoms with Crippen molar-refractivity contribution in [2.45, 2.75) is 31.5 Å². The Labute approximate surface area is 139 Å². The molecule has 0 amide bonds. The number of hydrogen-bond acceptors (Lipinski definition) is 4. The van der Waals surface area contributed by atoms with Crippen molar-refractivity contribution in [1.82, 2.24) is 0 Å². The Morgan fingerprint density at radius 2 is 1.75 bits per heavy atom. The highest BCUT2D eigenvalue weighted by Crippen LogP contribution is 2.32. The Morgan fingerprint density at radius 1 is 1.21 bits per heavy atom. The van der Waals surface area contributed by atoms with Crippen molar-refractivity contribution in [3.05, 3.63) is 35.9 Å². The van der Waals surface area contributed by atoms with E-state index in [0.717, 1.165) is 0 Å². The van der Waals surface area contributed by atoms with Gasteiger partial charge in [-0.25, -0.2) is 4.21 Å². The molecule has 136 valence electrons. The lowest BCUT2D eigenvalue weighted by Gasteiger charge is -2.21. The number of rotatable bonds is 9. The van der Waals surface area contributed by atoms with Gasteiger partial charge in [0.05, 0.1) is 5.92 Å². The fourth-order valence-electron chi connectivity index (χ4n) is 2.16. The maximum Gasteiger partial charge on any atom is 0.392 e. The molecule has 0 bridgehead atoms. The Hall–Kier alpha value is -1.61. The summed E-state index contributed by atoms with van der Waals surface area (Å²) >= 11 is 0. The van der Waals surface area contributed by atoms with Crippen LogP contribution in [0.3, 0.4) is 0 Å². The number of aliphatic carboxylic acids is 1. The van der Waals surface area contributed by atoms with Crippen LogP contribution in [0, 0.1) is 10.7 Å². The number of carboxylic acid groups (broad SMARTS) is 1. The van der Waals surface area contributed by atoms with Gasteiger partial charge in [-0.2, -0.15) is 13.2 Å². The molecule has 0 aromatic heterocycles. The van der Waals surface area contributed by atoms with Gasteiger partial charge in [0.1, 0.15) is 6.04 Å².